The van der Waals surface area contributed by atoms with E-state index in [4.69, 9.17) is 4.74 Å². The zero-order valence-corrected chi connectivity index (χ0v) is 21.1. The van der Waals surface area contributed by atoms with Crippen molar-refractivity contribution in [1.82, 2.24) is 9.97 Å². The molecule has 0 spiro atoms. The molecule has 13 heteroatoms. The van der Waals surface area contributed by atoms with Crippen molar-refractivity contribution in [3.63, 3.8) is 0 Å². The molecule has 10 nitrogen and oxygen atoms in total. The summed E-state index contributed by atoms with van der Waals surface area (Å²) < 4.78 is 34.1. The summed E-state index contributed by atoms with van der Waals surface area (Å²) in [5.74, 6) is 0.168. The summed E-state index contributed by atoms with van der Waals surface area (Å²) in [7, 11) is -3.88. The average molecular weight is 532 g/mol. The smallest absolute Gasteiger partial charge is 0.263 e. The molecule has 2 aromatic carbocycles. The van der Waals surface area contributed by atoms with Crippen molar-refractivity contribution in [3.8, 4) is 5.75 Å². The number of hydrogen-bond acceptors (Lipinski definition) is 9. The Morgan fingerprint density at radius 3 is 2.51 bits per heavy atom. The lowest BCUT2D eigenvalue weighted by molar-refractivity contribution is -0.116. The summed E-state index contributed by atoms with van der Waals surface area (Å²) >= 11 is 2.41. The van der Waals surface area contributed by atoms with Gasteiger partial charge in [-0.3, -0.25) is 14.3 Å². The highest BCUT2D eigenvalue weighted by molar-refractivity contribution is 7.93. The standard InChI is InChI=1S/C22H21N5O5S3/c1-3-32-16-6-9-18-19(11-16)34-21(25-18)26-20(29)10-15-12-33-22(24-15)27-35(30,31)17-7-4-14(5-8-17)23-13(2)28/h4-9,11-12H,3,10H2,1-2H3,(H,23,28)(H,24,27)(H,25,26,29). The van der Waals surface area contributed by atoms with Gasteiger partial charge in [0.05, 0.1) is 33.8 Å². The number of ether oxygens (including phenoxy) is 1. The van der Waals surface area contributed by atoms with Gasteiger partial charge in [-0.15, -0.1) is 11.3 Å². The lowest BCUT2D eigenvalue weighted by Gasteiger charge is -2.06. The summed E-state index contributed by atoms with van der Waals surface area (Å²) in [4.78, 5) is 32.2. The van der Waals surface area contributed by atoms with Crippen molar-refractivity contribution < 1.29 is 22.7 Å². The number of nitrogens with zero attached hydrogens (tertiary/aromatic N) is 2. The van der Waals surface area contributed by atoms with Crippen LogP contribution in [-0.4, -0.2) is 36.8 Å². The number of fused-ring (bicyclic) bond motifs is 1. The summed E-state index contributed by atoms with van der Waals surface area (Å²) in [5.41, 5.74) is 1.66. The van der Waals surface area contributed by atoms with Crippen molar-refractivity contribution in [2.75, 3.05) is 22.0 Å². The van der Waals surface area contributed by atoms with Gasteiger partial charge >= 0.3 is 0 Å². The van der Waals surface area contributed by atoms with Gasteiger partial charge in [-0.1, -0.05) is 11.3 Å². The maximum atomic E-state index is 12.6. The van der Waals surface area contributed by atoms with Crippen molar-refractivity contribution in [2.45, 2.75) is 25.2 Å². The van der Waals surface area contributed by atoms with Crippen LogP contribution in [0.2, 0.25) is 0 Å². The van der Waals surface area contributed by atoms with Crippen LogP contribution in [0.3, 0.4) is 0 Å². The Balaban J connectivity index is 1.37. The van der Waals surface area contributed by atoms with Crippen LogP contribution in [0.5, 0.6) is 5.75 Å². The molecule has 0 atom stereocenters. The average Bonchev–Trinajstić information content (AvgIpc) is 3.39. The van der Waals surface area contributed by atoms with Crippen LogP contribution in [0.15, 0.2) is 52.7 Å². The first-order chi connectivity index (χ1) is 16.7. The highest BCUT2D eigenvalue weighted by atomic mass is 32.2. The van der Waals surface area contributed by atoms with E-state index in [1.165, 1.54) is 42.5 Å². The minimum absolute atomic E-state index is 0.0180. The maximum Gasteiger partial charge on any atom is 0.263 e. The molecular weight excluding hydrogens is 510 g/mol. The third-order valence-electron chi connectivity index (χ3n) is 4.52. The van der Waals surface area contributed by atoms with Crippen LogP contribution < -0.4 is 20.1 Å². The number of thiazole rings is 2. The number of carbonyl (C=O) groups is 2. The van der Waals surface area contributed by atoms with Gasteiger partial charge in [0, 0.05) is 18.0 Å². The molecule has 182 valence electrons. The Morgan fingerprint density at radius 2 is 1.80 bits per heavy atom. The molecule has 0 aliphatic carbocycles. The fourth-order valence-corrected chi connectivity index (χ4v) is 5.95. The van der Waals surface area contributed by atoms with E-state index < -0.39 is 10.0 Å². The SMILES string of the molecule is CCOc1ccc2nc(NC(=O)Cc3csc(NS(=O)(=O)c4ccc(NC(C)=O)cc4)n3)sc2c1. The van der Waals surface area contributed by atoms with E-state index in [-0.39, 0.29) is 28.3 Å². The van der Waals surface area contributed by atoms with Crippen LogP contribution in [0, 0.1) is 0 Å². The van der Waals surface area contributed by atoms with Gasteiger partial charge in [-0.2, -0.15) is 0 Å². The van der Waals surface area contributed by atoms with E-state index in [1.807, 2.05) is 25.1 Å². The molecule has 2 aromatic heterocycles. The molecule has 0 aliphatic rings. The predicted octanol–water partition coefficient (Wildman–Crippen LogP) is 4.09. The van der Waals surface area contributed by atoms with Crippen molar-refractivity contribution in [3.05, 3.63) is 53.5 Å². The molecule has 0 saturated heterocycles. The second-order valence-corrected chi connectivity index (χ2v) is 10.8. The lowest BCUT2D eigenvalue weighted by atomic mass is 10.3. The predicted molar refractivity (Wildman–Crippen MR) is 137 cm³/mol. The van der Waals surface area contributed by atoms with E-state index in [1.54, 1.807) is 5.38 Å². The molecular formula is C22H21N5O5S3. The summed E-state index contributed by atoms with van der Waals surface area (Å²) in [5, 5.41) is 7.54. The van der Waals surface area contributed by atoms with Crippen LogP contribution in [0.25, 0.3) is 10.2 Å². The summed E-state index contributed by atoms with van der Waals surface area (Å²) in [6, 6.07) is 11.3. The highest BCUT2D eigenvalue weighted by Gasteiger charge is 2.17. The van der Waals surface area contributed by atoms with Crippen LogP contribution in [0.1, 0.15) is 19.5 Å². The Labute approximate surface area is 209 Å². The molecule has 3 N–H and O–H groups in total. The quantitative estimate of drug-likeness (QED) is 0.296. The molecule has 2 heterocycles. The van der Waals surface area contributed by atoms with Gasteiger partial charge < -0.3 is 15.4 Å². The minimum Gasteiger partial charge on any atom is -0.494 e. The number of hydrogen-bond donors (Lipinski definition) is 3. The third kappa shape index (κ3) is 6.32. The monoisotopic (exact) mass is 531 g/mol. The number of sulfonamides is 1. The molecule has 0 fully saturated rings. The van der Waals surface area contributed by atoms with Crippen molar-refractivity contribution >= 4 is 70.7 Å². The zero-order valence-electron chi connectivity index (χ0n) is 18.7. The number of anilines is 3. The number of rotatable bonds is 9. The zero-order chi connectivity index (χ0) is 25.0. The van der Waals surface area contributed by atoms with Gasteiger partial charge in [0.2, 0.25) is 11.8 Å². The Bertz CT molecular complexity index is 1480. The number of nitrogens with one attached hydrogen (secondary N) is 3. The number of amides is 2. The lowest BCUT2D eigenvalue weighted by Crippen LogP contribution is -2.15. The van der Waals surface area contributed by atoms with Gasteiger partial charge in [0.15, 0.2) is 10.3 Å². The van der Waals surface area contributed by atoms with Gasteiger partial charge in [-0.25, -0.2) is 18.4 Å². The minimum atomic E-state index is -3.88. The fraction of sp³-hybridized carbons (Fsp3) is 0.182. The van der Waals surface area contributed by atoms with Crippen LogP contribution in [-0.2, 0) is 26.0 Å². The van der Waals surface area contributed by atoms with Crippen LogP contribution in [0.4, 0.5) is 16.0 Å². The Kier molecular flexibility index (Phi) is 7.28. The topological polar surface area (TPSA) is 139 Å². The number of benzene rings is 2. The largest absolute Gasteiger partial charge is 0.494 e. The van der Waals surface area contributed by atoms with E-state index in [2.05, 4.69) is 25.3 Å². The number of aromatic nitrogens is 2. The van der Waals surface area contributed by atoms with E-state index in [9.17, 15) is 18.0 Å². The molecule has 0 unspecified atom stereocenters. The second kappa shape index (κ2) is 10.4. The maximum absolute atomic E-state index is 12.6. The van der Waals surface area contributed by atoms with E-state index >= 15 is 0 Å². The first-order valence-corrected chi connectivity index (χ1v) is 13.6. The van der Waals surface area contributed by atoms with Gasteiger partial charge in [0.1, 0.15) is 5.75 Å². The Hall–Kier alpha value is -3.55. The van der Waals surface area contributed by atoms with E-state index in [0.29, 0.717) is 23.1 Å². The molecule has 4 rings (SSSR count). The molecule has 2 amide bonds. The van der Waals surface area contributed by atoms with Gasteiger partial charge in [-0.05, 0) is 49.4 Å². The summed E-state index contributed by atoms with van der Waals surface area (Å²) in [6.07, 6.45) is -0.0379. The molecule has 35 heavy (non-hydrogen) atoms. The second-order valence-electron chi connectivity index (χ2n) is 7.26. The van der Waals surface area contributed by atoms with Crippen LogP contribution >= 0.6 is 22.7 Å². The molecule has 0 radical (unpaired) electrons. The normalized spacial score (nSPS) is 11.3. The molecule has 0 bridgehead atoms. The highest BCUT2D eigenvalue weighted by Crippen LogP contribution is 2.29. The number of carbonyl (C=O) groups excluding carboxylic acids is 2. The first-order valence-electron chi connectivity index (χ1n) is 10.4. The van der Waals surface area contributed by atoms with E-state index in [0.717, 1.165) is 27.3 Å². The Morgan fingerprint density at radius 1 is 1.03 bits per heavy atom. The molecule has 0 saturated carbocycles. The van der Waals surface area contributed by atoms with Crippen molar-refractivity contribution in [1.29, 1.82) is 0 Å². The molecule has 0 aliphatic heterocycles. The first kappa shape index (κ1) is 24.6. The fourth-order valence-electron chi connectivity index (χ4n) is 3.07. The summed E-state index contributed by atoms with van der Waals surface area (Å²) in [6.45, 7) is 3.83. The molecule has 4 aromatic rings. The van der Waals surface area contributed by atoms with Gasteiger partial charge in [0.25, 0.3) is 10.0 Å². The third-order valence-corrected chi connectivity index (χ3v) is 7.74. The van der Waals surface area contributed by atoms with Crippen molar-refractivity contribution in [2.24, 2.45) is 0 Å².